The molecular weight excluding hydrogens is 236 g/mol. The van der Waals surface area contributed by atoms with Crippen molar-refractivity contribution in [1.82, 2.24) is 9.55 Å². The van der Waals surface area contributed by atoms with Crippen molar-refractivity contribution in [2.24, 2.45) is 0 Å². The van der Waals surface area contributed by atoms with E-state index < -0.39 is 5.97 Å². The summed E-state index contributed by atoms with van der Waals surface area (Å²) in [6, 6.07) is 5.23. The summed E-state index contributed by atoms with van der Waals surface area (Å²) < 4.78 is 12.0. The zero-order chi connectivity index (χ0) is 13.1. The normalized spacial score (nSPS) is 10.8. The summed E-state index contributed by atoms with van der Waals surface area (Å²) in [5, 5.41) is 8.99. The lowest BCUT2D eigenvalue weighted by Crippen LogP contribution is -2.06. The molecule has 0 radical (unpaired) electrons. The number of ether oxygens (including phenoxy) is 2. The Morgan fingerprint density at radius 2 is 2.22 bits per heavy atom. The van der Waals surface area contributed by atoms with Gasteiger partial charge in [0.2, 0.25) is 0 Å². The van der Waals surface area contributed by atoms with E-state index in [1.807, 2.05) is 0 Å². The Kier molecular flexibility index (Phi) is 3.47. The highest BCUT2D eigenvalue weighted by atomic mass is 16.5. The topological polar surface area (TPSA) is 73.6 Å². The summed E-state index contributed by atoms with van der Waals surface area (Å²) in [6.45, 7) is 1.05. The Bertz CT molecular complexity index is 577. The molecule has 18 heavy (non-hydrogen) atoms. The van der Waals surface area contributed by atoms with Crippen LogP contribution in [-0.4, -0.2) is 41.5 Å². The molecule has 1 heterocycles. The first-order chi connectivity index (χ1) is 8.67. The molecule has 1 aromatic heterocycles. The van der Waals surface area contributed by atoms with Crippen molar-refractivity contribution in [3.05, 3.63) is 23.8 Å². The minimum Gasteiger partial charge on any atom is -0.478 e. The van der Waals surface area contributed by atoms with Gasteiger partial charge in [0.25, 0.3) is 6.01 Å². The summed E-state index contributed by atoms with van der Waals surface area (Å²) in [6.07, 6.45) is 0. The number of hydrogen-bond donors (Lipinski definition) is 1. The van der Waals surface area contributed by atoms with Crippen LogP contribution >= 0.6 is 0 Å². The fraction of sp³-hybridized carbons (Fsp3) is 0.333. The molecule has 6 nitrogen and oxygen atoms in total. The van der Waals surface area contributed by atoms with Crippen LogP contribution in [0.5, 0.6) is 6.01 Å². The van der Waals surface area contributed by atoms with Crippen LogP contribution in [0.15, 0.2) is 18.2 Å². The lowest BCUT2D eigenvalue weighted by molar-refractivity contribution is 0.0697. The first-order valence-electron chi connectivity index (χ1n) is 5.44. The van der Waals surface area contributed by atoms with Crippen molar-refractivity contribution in [3.63, 3.8) is 0 Å². The summed E-state index contributed by atoms with van der Waals surface area (Å²) in [5.41, 5.74) is 1.65. The van der Waals surface area contributed by atoms with Crippen molar-refractivity contribution >= 4 is 17.0 Å². The molecule has 0 aliphatic heterocycles. The van der Waals surface area contributed by atoms with E-state index in [0.717, 1.165) is 5.52 Å². The van der Waals surface area contributed by atoms with Crippen LogP contribution in [0.3, 0.4) is 0 Å². The van der Waals surface area contributed by atoms with Crippen LogP contribution in [0.4, 0.5) is 0 Å². The Morgan fingerprint density at radius 3 is 2.83 bits per heavy atom. The van der Waals surface area contributed by atoms with Crippen LogP contribution in [0.1, 0.15) is 10.4 Å². The first kappa shape index (κ1) is 12.4. The zero-order valence-electron chi connectivity index (χ0n) is 10.2. The molecular formula is C12H14N2O4. The molecule has 0 aliphatic rings. The van der Waals surface area contributed by atoms with Crippen LogP contribution in [0.25, 0.3) is 11.0 Å². The van der Waals surface area contributed by atoms with Gasteiger partial charge in [-0.1, -0.05) is 0 Å². The van der Waals surface area contributed by atoms with Gasteiger partial charge in [-0.05, 0) is 18.2 Å². The number of aromatic carboxylic acids is 1. The highest BCUT2D eigenvalue weighted by Gasteiger charge is 2.13. The van der Waals surface area contributed by atoms with E-state index >= 15 is 0 Å². The van der Waals surface area contributed by atoms with Crippen molar-refractivity contribution in [2.45, 2.75) is 6.54 Å². The minimum atomic E-state index is -0.963. The Balaban J connectivity index is 2.55. The third-order valence-corrected chi connectivity index (χ3v) is 2.66. The highest BCUT2D eigenvalue weighted by Crippen LogP contribution is 2.22. The lowest BCUT2D eigenvalue weighted by atomic mass is 10.2. The SMILES string of the molecule is COCCn1c(OC)nc2ccc(C(=O)O)cc21. The van der Waals surface area contributed by atoms with Crippen LogP contribution < -0.4 is 4.74 Å². The maximum absolute atomic E-state index is 11.0. The van der Waals surface area contributed by atoms with Gasteiger partial charge in [-0.25, -0.2) is 4.79 Å². The molecule has 96 valence electrons. The molecule has 0 amide bonds. The molecule has 0 fully saturated rings. The van der Waals surface area contributed by atoms with E-state index in [1.54, 1.807) is 23.8 Å². The van der Waals surface area contributed by atoms with Crippen molar-refractivity contribution in [1.29, 1.82) is 0 Å². The number of benzene rings is 1. The van der Waals surface area contributed by atoms with E-state index in [-0.39, 0.29) is 5.56 Å². The second-order valence-electron chi connectivity index (χ2n) is 3.75. The first-order valence-corrected chi connectivity index (χ1v) is 5.44. The number of carboxylic acid groups (broad SMARTS) is 1. The number of methoxy groups -OCH3 is 2. The number of fused-ring (bicyclic) bond motifs is 1. The lowest BCUT2D eigenvalue weighted by Gasteiger charge is -2.06. The third-order valence-electron chi connectivity index (χ3n) is 2.66. The molecule has 2 aromatic rings. The third kappa shape index (κ3) is 2.14. The molecule has 1 aromatic carbocycles. The maximum Gasteiger partial charge on any atom is 0.335 e. The van der Waals surface area contributed by atoms with E-state index in [9.17, 15) is 4.79 Å². The molecule has 6 heteroatoms. The van der Waals surface area contributed by atoms with Crippen LogP contribution in [0.2, 0.25) is 0 Å². The van der Waals surface area contributed by atoms with Crippen LogP contribution in [-0.2, 0) is 11.3 Å². The quantitative estimate of drug-likeness (QED) is 0.868. The molecule has 0 aliphatic carbocycles. The molecule has 2 rings (SSSR count). The fourth-order valence-corrected chi connectivity index (χ4v) is 1.79. The van der Waals surface area contributed by atoms with Gasteiger partial charge in [-0.2, -0.15) is 4.98 Å². The largest absolute Gasteiger partial charge is 0.478 e. The zero-order valence-corrected chi connectivity index (χ0v) is 10.2. The van der Waals surface area contributed by atoms with E-state index in [1.165, 1.54) is 13.2 Å². The van der Waals surface area contributed by atoms with E-state index in [4.69, 9.17) is 14.6 Å². The van der Waals surface area contributed by atoms with Gasteiger partial charge < -0.3 is 14.6 Å². The van der Waals surface area contributed by atoms with Gasteiger partial charge in [-0.3, -0.25) is 4.57 Å². The van der Waals surface area contributed by atoms with Crippen LogP contribution in [0, 0.1) is 0 Å². The predicted molar refractivity (Wildman–Crippen MR) is 65.1 cm³/mol. The average molecular weight is 250 g/mol. The smallest absolute Gasteiger partial charge is 0.335 e. The van der Waals surface area contributed by atoms with E-state index in [2.05, 4.69) is 4.98 Å². The average Bonchev–Trinajstić information content (AvgIpc) is 2.73. The number of carboxylic acids is 1. The second-order valence-corrected chi connectivity index (χ2v) is 3.75. The van der Waals surface area contributed by atoms with Crippen molar-refractivity contribution in [2.75, 3.05) is 20.8 Å². The van der Waals surface area contributed by atoms with Crippen molar-refractivity contribution < 1.29 is 19.4 Å². The molecule has 1 N–H and O–H groups in total. The standard InChI is InChI=1S/C12H14N2O4/c1-17-6-5-14-10-7-8(11(15)16)3-4-9(10)13-12(14)18-2/h3-4,7H,5-6H2,1-2H3,(H,15,16). The molecule has 0 bridgehead atoms. The fourth-order valence-electron chi connectivity index (χ4n) is 1.79. The van der Waals surface area contributed by atoms with Crippen molar-refractivity contribution in [3.8, 4) is 6.01 Å². The second kappa shape index (κ2) is 5.05. The monoisotopic (exact) mass is 250 g/mol. The number of carbonyl (C=O) groups is 1. The van der Waals surface area contributed by atoms with E-state index in [0.29, 0.717) is 24.7 Å². The van der Waals surface area contributed by atoms with Gasteiger partial charge in [0.1, 0.15) is 0 Å². The Labute approximate surface area is 104 Å². The summed E-state index contributed by atoms with van der Waals surface area (Å²) >= 11 is 0. The summed E-state index contributed by atoms with van der Waals surface area (Å²) in [4.78, 5) is 15.2. The van der Waals surface area contributed by atoms with Gasteiger partial charge >= 0.3 is 5.97 Å². The van der Waals surface area contributed by atoms with Gasteiger partial charge in [0.05, 0.1) is 36.9 Å². The number of aromatic nitrogens is 2. The summed E-state index contributed by atoms with van der Waals surface area (Å²) in [5.74, 6) is -0.963. The maximum atomic E-state index is 11.0. The minimum absolute atomic E-state index is 0.226. The molecule has 0 saturated carbocycles. The number of rotatable bonds is 5. The highest BCUT2D eigenvalue weighted by molar-refractivity contribution is 5.92. The Hall–Kier alpha value is -2.08. The number of nitrogens with zero attached hydrogens (tertiary/aromatic N) is 2. The van der Waals surface area contributed by atoms with Gasteiger partial charge in [0, 0.05) is 7.11 Å². The molecule has 0 spiro atoms. The molecule has 0 unspecified atom stereocenters. The summed E-state index contributed by atoms with van der Waals surface area (Å²) in [7, 11) is 3.14. The molecule has 0 atom stereocenters. The Morgan fingerprint density at radius 1 is 1.44 bits per heavy atom. The number of hydrogen-bond acceptors (Lipinski definition) is 4. The number of imidazole rings is 1. The van der Waals surface area contributed by atoms with Gasteiger partial charge in [0.15, 0.2) is 0 Å². The predicted octanol–water partition coefficient (Wildman–Crippen LogP) is 1.39. The molecule has 0 saturated heterocycles. The van der Waals surface area contributed by atoms with Gasteiger partial charge in [-0.15, -0.1) is 0 Å².